The van der Waals surface area contributed by atoms with Crippen molar-refractivity contribution >= 4 is 11.8 Å². The Morgan fingerprint density at radius 3 is 2.82 bits per heavy atom. The summed E-state index contributed by atoms with van der Waals surface area (Å²) < 4.78 is 6.78. The number of carbonyl (C=O) groups excluding carboxylic acids is 1. The summed E-state index contributed by atoms with van der Waals surface area (Å²) in [6, 6.07) is 10.3. The van der Waals surface area contributed by atoms with Gasteiger partial charge in [0.15, 0.2) is 0 Å². The number of rotatable bonds is 5. The van der Waals surface area contributed by atoms with Crippen LogP contribution in [0.3, 0.4) is 0 Å². The molecule has 4 rings (SSSR count). The number of carbonyl (C=O) groups is 1. The Hall–Kier alpha value is -2.38. The normalized spacial score (nSPS) is 18.4. The topological polar surface area (TPSA) is 85.4 Å². The van der Waals surface area contributed by atoms with Crippen molar-refractivity contribution in [3.63, 3.8) is 0 Å². The second-order valence-corrected chi connectivity index (χ2v) is 7.43. The molecule has 28 heavy (non-hydrogen) atoms. The largest absolute Gasteiger partial charge is 0.383 e. The van der Waals surface area contributed by atoms with E-state index in [1.807, 2.05) is 7.05 Å². The molecule has 7 nitrogen and oxygen atoms in total. The van der Waals surface area contributed by atoms with E-state index in [1.165, 1.54) is 25.1 Å². The molecule has 152 valence electrons. The van der Waals surface area contributed by atoms with E-state index in [0.717, 1.165) is 55.4 Å². The van der Waals surface area contributed by atoms with Crippen LogP contribution in [-0.4, -0.2) is 54.1 Å². The highest BCUT2D eigenvalue weighted by atomic mass is 16.5. The smallest absolute Gasteiger partial charge is 0.317 e. The Bertz CT molecular complexity index is 775. The van der Waals surface area contributed by atoms with E-state index >= 15 is 0 Å². The van der Waals surface area contributed by atoms with Gasteiger partial charge in [-0.15, -0.1) is 0 Å². The first-order chi connectivity index (χ1) is 13.6. The molecule has 3 N–H and O–H groups in total. The van der Waals surface area contributed by atoms with Crippen LogP contribution in [0.15, 0.2) is 30.3 Å². The zero-order chi connectivity index (χ0) is 19.9. The number of aryl methyl sites for hydroxylation is 2. The first kappa shape index (κ1) is 20.4. The van der Waals surface area contributed by atoms with Crippen LogP contribution in [0.4, 0.5) is 10.6 Å². The Kier molecular flexibility index (Phi) is 7.06. The highest BCUT2D eigenvalue weighted by Crippen LogP contribution is 2.28. The number of anilines is 1. The quantitative estimate of drug-likeness (QED) is 0.828. The van der Waals surface area contributed by atoms with Gasteiger partial charge in [-0.3, -0.25) is 10.00 Å². The van der Waals surface area contributed by atoms with Gasteiger partial charge in [0.1, 0.15) is 5.82 Å². The van der Waals surface area contributed by atoms with Gasteiger partial charge in [-0.2, -0.15) is 5.10 Å². The Morgan fingerprint density at radius 1 is 1.32 bits per heavy atom. The van der Waals surface area contributed by atoms with Crippen molar-refractivity contribution in [1.82, 2.24) is 14.7 Å². The van der Waals surface area contributed by atoms with Gasteiger partial charge in [-0.05, 0) is 43.7 Å². The first-order valence-corrected chi connectivity index (χ1v) is 9.96. The van der Waals surface area contributed by atoms with Gasteiger partial charge in [-0.25, -0.2) is 4.79 Å². The predicted octanol–water partition coefficient (Wildman–Crippen LogP) is 2.52. The fourth-order valence-corrected chi connectivity index (χ4v) is 4.05. The van der Waals surface area contributed by atoms with Gasteiger partial charge in [0.25, 0.3) is 0 Å². The van der Waals surface area contributed by atoms with Crippen molar-refractivity contribution in [3.8, 4) is 0 Å². The summed E-state index contributed by atoms with van der Waals surface area (Å²) >= 11 is 0. The molecule has 1 aromatic carbocycles. The van der Waals surface area contributed by atoms with Crippen LogP contribution in [0.2, 0.25) is 0 Å². The molecule has 0 bridgehead atoms. The molecule has 2 aromatic rings. The minimum absolute atomic E-state index is 0.530. The van der Waals surface area contributed by atoms with Crippen LogP contribution in [0, 0.1) is 0 Å². The maximum absolute atomic E-state index is 10.7. The van der Waals surface area contributed by atoms with Gasteiger partial charge in [-0.1, -0.05) is 30.3 Å². The maximum Gasteiger partial charge on any atom is 0.317 e. The van der Waals surface area contributed by atoms with Gasteiger partial charge in [0.2, 0.25) is 0 Å². The number of aromatic nitrogens is 2. The predicted molar refractivity (Wildman–Crippen MR) is 111 cm³/mol. The molecule has 2 heterocycles. The average molecular weight is 386 g/mol. The lowest BCUT2D eigenvalue weighted by Crippen LogP contribution is -2.24. The lowest BCUT2D eigenvalue weighted by molar-refractivity contribution is 0.160. The molecule has 1 aromatic heterocycles. The number of hydrogen-bond acceptors (Lipinski definition) is 4. The number of fused-ring (bicyclic) bond motifs is 1. The lowest BCUT2D eigenvalue weighted by Gasteiger charge is -2.15. The first-order valence-electron chi connectivity index (χ1n) is 9.96. The monoisotopic (exact) mass is 385 g/mol. The molecule has 1 aliphatic carbocycles. The van der Waals surface area contributed by atoms with Gasteiger partial charge in [0.05, 0.1) is 12.3 Å². The van der Waals surface area contributed by atoms with Crippen LogP contribution < -0.4 is 11.1 Å². The highest BCUT2D eigenvalue weighted by molar-refractivity contribution is 5.87. The highest BCUT2D eigenvalue weighted by Gasteiger charge is 2.23. The number of nitrogens with two attached hydrogens (primary N) is 1. The minimum atomic E-state index is -0.530. The van der Waals surface area contributed by atoms with E-state index in [2.05, 4.69) is 45.6 Å². The summed E-state index contributed by atoms with van der Waals surface area (Å²) in [5.41, 5.74) is 8.77. The number of nitrogens with one attached hydrogen (secondary N) is 1. The third-order valence-corrected chi connectivity index (χ3v) is 5.47. The number of hydrogen-bond donors (Lipinski definition) is 2. The number of urea groups is 1. The summed E-state index contributed by atoms with van der Waals surface area (Å²) in [5, 5.41) is 6.88. The van der Waals surface area contributed by atoms with E-state index in [-0.39, 0.29) is 0 Å². The molecule has 7 heteroatoms. The van der Waals surface area contributed by atoms with Crippen LogP contribution in [0.5, 0.6) is 0 Å². The molecular weight excluding hydrogens is 354 g/mol. The Morgan fingerprint density at radius 2 is 2.11 bits per heavy atom. The molecule has 1 atom stereocenters. The van der Waals surface area contributed by atoms with Gasteiger partial charge < -0.3 is 15.4 Å². The molecule has 2 amide bonds. The molecule has 1 fully saturated rings. The van der Waals surface area contributed by atoms with Crippen molar-refractivity contribution in [2.45, 2.75) is 31.6 Å². The van der Waals surface area contributed by atoms with E-state index in [4.69, 9.17) is 10.5 Å². The van der Waals surface area contributed by atoms with Gasteiger partial charge in [0, 0.05) is 32.8 Å². The van der Waals surface area contributed by atoms with Crippen molar-refractivity contribution in [3.05, 3.63) is 47.2 Å². The lowest BCUT2D eigenvalue weighted by atomic mass is 9.99. The molecule has 1 saturated heterocycles. The van der Waals surface area contributed by atoms with E-state index in [0.29, 0.717) is 0 Å². The number of amides is 2. The molecule has 0 spiro atoms. The Labute approximate surface area is 166 Å². The van der Waals surface area contributed by atoms with Crippen molar-refractivity contribution in [2.75, 3.05) is 38.7 Å². The molecule has 0 radical (unpaired) electrons. The van der Waals surface area contributed by atoms with E-state index in [1.54, 1.807) is 11.8 Å². The van der Waals surface area contributed by atoms with Crippen LogP contribution in [0.25, 0.3) is 0 Å². The minimum Gasteiger partial charge on any atom is -0.383 e. The van der Waals surface area contributed by atoms with E-state index < -0.39 is 6.03 Å². The second kappa shape index (κ2) is 9.71. The summed E-state index contributed by atoms with van der Waals surface area (Å²) in [4.78, 5) is 13.2. The number of nitrogens with zero attached hydrogens (tertiary/aromatic N) is 3. The molecule has 1 unspecified atom stereocenters. The van der Waals surface area contributed by atoms with Crippen molar-refractivity contribution < 1.29 is 9.53 Å². The average Bonchev–Trinajstić information content (AvgIpc) is 3.40. The van der Waals surface area contributed by atoms with E-state index in [9.17, 15) is 4.79 Å². The molecular formula is C21H31N5O2. The van der Waals surface area contributed by atoms with Crippen LogP contribution in [0.1, 0.15) is 35.6 Å². The maximum atomic E-state index is 10.7. The number of ether oxygens (including phenoxy) is 1. The Balaban J connectivity index is 0.000000162. The molecule has 1 aliphatic heterocycles. The molecule has 2 aliphatic rings. The number of primary amides is 1. The van der Waals surface area contributed by atoms with Crippen molar-refractivity contribution in [1.29, 1.82) is 0 Å². The second-order valence-electron chi connectivity index (χ2n) is 7.43. The summed E-state index contributed by atoms with van der Waals surface area (Å²) in [6.45, 7) is 4.32. The number of likely N-dealkylation sites (tertiary alicyclic amines) is 1. The van der Waals surface area contributed by atoms with Crippen LogP contribution in [-0.2, 0) is 24.6 Å². The SMILES string of the molecule is COCCN1CCC(c2ccccc2)C1.Cn1nc2c(c1NC(N)=O)CCC2. The fraction of sp³-hybridized carbons (Fsp3) is 0.524. The zero-order valence-electron chi connectivity index (χ0n) is 16.9. The molecule has 0 saturated carbocycles. The number of methoxy groups -OCH3 is 1. The summed E-state index contributed by atoms with van der Waals surface area (Å²) in [6.07, 6.45) is 4.39. The van der Waals surface area contributed by atoms with Crippen molar-refractivity contribution in [2.24, 2.45) is 12.8 Å². The third kappa shape index (κ3) is 5.11. The van der Waals surface area contributed by atoms with Gasteiger partial charge >= 0.3 is 6.03 Å². The van der Waals surface area contributed by atoms with Crippen LogP contribution >= 0.6 is 0 Å². The standard InChI is InChI=1S/C13H19NO.C8H12N4O/c1-15-10-9-14-8-7-13(11-14)12-5-3-2-4-6-12;1-12-7(10-8(9)13)5-3-2-4-6(5)11-12/h2-6,13H,7-11H2,1H3;2-4H2,1H3,(H3,9,10,13). The number of benzene rings is 1. The zero-order valence-corrected chi connectivity index (χ0v) is 16.9. The summed E-state index contributed by atoms with van der Waals surface area (Å²) in [5.74, 6) is 1.48. The third-order valence-electron chi connectivity index (χ3n) is 5.47. The summed E-state index contributed by atoms with van der Waals surface area (Å²) in [7, 11) is 3.58. The fourth-order valence-electron chi connectivity index (χ4n) is 4.05.